The van der Waals surface area contributed by atoms with Crippen LogP contribution in [-0.2, 0) is 9.59 Å². The fourth-order valence-electron chi connectivity index (χ4n) is 2.18. The van der Waals surface area contributed by atoms with Gasteiger partial charge in [-0.15, -0.1) is 0 Å². The molecule has 1 aromatic rings. The van der Waals surface area contributed by atoms with Crippen LogP contribution in [-0.4, -0.2) is 24.0 Å². The van der Waals surface area contributed by atoms with Crippen molar-refractivity contribution in [1.29, 1.82) is 0 Å². The second-order valence-corrected chi connectivity index (χ2v) is 5.50. The molecule has 0 bridgehead atoms. The number of benzene rings is 1. The summed E-state index contributed by atoms with van der Waals surface area (Å²) in [4.78, 5) is 24.9. The highest BCUT2D eigenvalue weighted by Gasteiger charge is 2.58. The summed E-state index contributed by atoms with van der Waals surface area (Å²) in [5, 5.41) is 9.17. The van der Waals surface area contributed by atoms with Gasteiger partial charge in [0.05, 0.1) is 0 Å². The summed E-state index contributed by atoms with van der Waals surface area (Å²) < 4.78 is 0. The highest BCUT2D eigenvalue weighted by Crippen LogP contribution is 2.47. The number of hydrogen-bond donors (Lipinski definition) is 1. The summed E-state index contributed by atoms with van der Waals surface area (Å²) >= 11 is 0. The van der Waals surface area contributed by atoms with Gasteiger partial charge in [-0.25, -0.2) is 0 Å². The molecule has 0 spiro atoms. The third-order valence-corrected chi connectivity index (χ3v) is 3.80. The zero-order valence-electron chi connectivity index (χ0n) is 11.5. The van der Waals surface area contributed by atoms with Crippen LogP contribution in [0, 0.1) is 5.41 Å². The number of anilines is 1. The van der Waals surface area contributed by atoms with Gasteiger partial charge in [0.25, 0.3) is 0 Å². The molecular formula is C15H19NO3. The van der Waals surface area contributed by atoms with Gasteiger partial charge in [-0.1, -0.05) is 26.0 Å². The van der Waals surface area contributed by atoms with E-state index in [9.17, 15) is 9.59 Å². The Balaban J connectivity index is 2.25. The van der Waals surface area contributed by atoms with E-state index in [2.05, 4.69) is 13.8 Å². The quantitative estimate of drug-likeness (QED) is 0.848. The van der Waals surface area contributed by atoms with E-state index in [4.69, 9.17) is 5.11 Å². The molecule has 1 aliphatic carbocycles. The van der Waals surface area contributed by atoms with Crippen molar-refractivity contribution < 1.29 is 14.7 Å². The Morgan fingerprint density at radius 2 is 1.95 bits per heavy atom. The summed E-state index contributed by atoms with van der Waals surface area (Å²) in [6.07, 6.45) is 0.880. The second-order valence-electron chi connectivity index (χ2n) is 5.50. The van der Waals surface area contributed by atoms with Crippen molar-refractivity contribution in [3.63, 3.8) is 0 Å². The number of amides is 1. The fourth-order valence-corrected chi connectivity index (χ4v) is 2.18. The van der Waals surface area contributed by atoms with Crippen molar-refractivity contribution in [1.82, 2.24) is 0 Å². The normalized spacial score (nSPS) is 16.2. The first-order valence-corrected chi connectivity index (χ1v) is 6.50. The van der Waals surface area contributed by atoms with Gasteiger partial charge in [-0.2, -0.15) is 0 Å². The van der Waals surface area contributed by atoms with Gasteiger partial charge in [-0.05, 0) is 36.5 Å². The van der Waals surface area contributed by atoms with Crippen molar-refractivity contribution >= 4 is 17.6 Å². The molecule has 1 N–H and O–H groups in total. The standard InChI is InChI=1S/C15H19NO3/c1-10(2)11-5-4-6-12(9-11)16(3)13(17)15(7-8-15)14(18)19/h4-6,9-10H,7-8H2,1-3H3,(H,18,19). The van der Waals surface area contributed by atoms with E-state index in [1.54, 1.807) is 7.05 Å². The molecule has 4 heteroatoms. The minimum Gasteiger partial charge on any atom is -0.480 e. The lowest BCUT2D eigenvalue weighted by molar-refractivity contribution is -0.148. The maximum atomic E-state index is 12.3. The maximum Gasteiger partial charge on any atom is 0.319 e. The molecule has 1 aromatic carbocycles. The predicted octanol–water partition coefficient (Wildman–Crippen LogP) is 2.64. The molecule has 19 heavy (non-hydrogen) atoms. The molecule has 2 rings (SSSR count). The zero-order valence-corrected chi connectivity index (χ0v) is 11.5. The zero-order chi connectivity index (χ0) is 14.2. The summed E-state index contributed by atoms with van der Waals surface area (Å²) in [6, 6.07) is 7.69. The minimum atomic E-state index is -1.18. The van der Waals surface area contributed by atoms with Gasteiger partial charge >= 0.3 is 5.97 Å². The Kier molecular flexibility index (Phi) is 3.35. The first kappa shape index (κ1) is 13.6. The third-order valence-electron chi connectivity index (χ3n) is 3.80. The Morgan fingerprint density at radius 1 is 1.32 bits per heavy atom. The summed E-state index contributed by atoms with van der Waals surface area (Å²) in [7, 11) is 1.64. The molecule has 1 fully saturated rings. The Bertz CT molecular complexity index is 518. The van der Waals surface area contributed by atoms with Gasteiger partial charge in [0.1, 0.15) is 5.41 Å². The average Bonchev–Trinajstić information content (AvgIpc) is 3.18. The molecule has 0 heterocycles. The summed E-state index contributed by atoms with van der Waals surface area (Å²) in [6.45, 7) is 4.17. The van der Waals surface area contributed by atoms with Crippen LogP contribution in [0.5, 0.6) is 0 Å². The molecule has 0 atom stereocenters. The summed E-state index contributed by atoms with van der Waals surface area (Å²) in [5.74, 6) is -0.955. The summed E-state index contributed by atoms with van der Waals surface area (Å²) in [5.41, 5.74) is 0.712. The van der Waals surface area contributed by atoms with Gasteiger partial charge in [0, 0.05) is 12.7 Å². The number of carboxylic acid groups (broad SMARTS) is 1. The van der Waals surface area contributed by atoms with E-state index in [-0.39, 0.29) is 5.91 Å². The van der Waals surface area contributed by atoms with Crippen molar-refractivity contribution in [2.45, 2.75) is 32.6 Å². The number of rotatable bonds is 4. The lowest BCUT2D eigenvalue weighted by atomic mass is 10.0. The highest BCUT2D eigenvalue weighted by molar-refractivity contribution is 6.11. The maximum absolute atomic E-state index is 12.3. The molecule has 4 nitrogen and oxygen atoms in total. The van der Waals surface area contributed by atoms with Crippen molar-refractivity contribution in [2.75, 3.05) is 11.9 Å². The van der Waals surface area contributed by atoms with Crippen molar-refractivity contribution in [3.8, 4) is 0 Å². The molecule has 0 unspecified atom stereocenters. The van der Waals surface area contributed by atoms with Crippen LogP contribution in [0.3, 0.4) is 0 Å². The molecule has 1 amide bonds. The first-order valence-electron chi connectivity index (χ1n) is 6.50. The largest absolute Gasteiger partial charge is 0.480 e. The van der Waals surface area contributed by atoms with E-state index in [0.29, 0.717) is 18.8 Å². The van der Waals surface area contributed by atoms with Crippen LogP contribution in [0.15, 0.2) is 24.3 Å². The van der Waals surface area contributed by atoms with E-state index < -0.39 is 11.4 Å². The van der Waals surface area contributed by atoms with Gasteiger partial charge < -0.3 is 10.0 Å². The lowest BCUT2D eigenvalue weighted by Crippen LogP contribution is -2.38. The Morgan fingerprint density at radius 3 is 2.42 bits per heavy atom. The van der Waals surface area contributed by atoms with E-state index in [0.717, 1.165) is 11.3 Å². The molecular weight excluding hydrogens is 242 g/mol. The number of aliphatic carboxylic acids is 1. The van der Waals surface area contributed by atoms with Crippen LogP contribution in [0.25, 0.3) is 0 Å². The SMILES string of the molecule is CC(C)c1cccc(N(C)C(=O)C2(C(=O)O)CC2)c1. The van der Waals surface area contributed by atoms with Crippen molar-refractivity contribution in [3.05, 3.63) is 29.8 Å². The highest BCUT2D eigenvalue weighted by atomic mass is 16.4. The molecule has 0 aliphatic heterocycles. The number of carboxylic acids is 1. The van der Waals surface area contributed by atoms with Crippen LogP contribution >= 0.6 is 0 Å². The second kappa shape index (κ2) is 4.68. The third kappa shape index (κ3) is 2.35. The van der Waals surface area contributed by atoms with Crippen LogP contribution in [0.2, 0.25) is 0 Å². The smallest absolute Gasteiger partial charge is 0.319 e. The lowest BCUT2D eigenvalue weighted by Gasteiger charge is -2.22. The average molecular weight is 261 g/mol. The number of carbonyl (C=O) groups is 2. The van der Waals surface area contributed by atoms with Crippen LogP contribution in [0.1, 0.15) is 38.2 Å². The predicted molar refractivity (Wildman–Crippen MR) is 73.2 cm³/mol. The van der Waals surface area contributed by atoms with Crippen molar-refractivity contribution in [2.24, 2.45) is 5.41 Å². The molecule has 0 aromatic heterocycles. The number of nitrogens with zero attached hydrogens (tertiary/aromatic N) is 1. The van der Waals surface area contributed by atoms with E-state index in [1.165, 1.54) is 4.90 Å². The fraction of sp³-hybridized carbons (Fsp3) is 0.467. The molecule has 0 saturated heterocycles. The molecule has 102 valence electrons. The molecule has 1 aliphatic rings. The minimum absolute atomic E-state index is 0.319. The van der Waals surface area contributed by atoms with Crippen LogP contribution in [0.4, 0.5) is 5.69 Å². The van der Waals surface area contributed by atoms with Gasteiger partial charge in [0.2, 0.25) is 5.91 Å². The Labute approximate surface area is 113 Å². The Hall–Kier alpha value is -1.84. The van der Waals surface area contributed by atoms with E-state index >= 15 is 0 Å². The number of carbonyl (C=O) groups excluding carboxylic acids is 1. The number of hydrogen-bond acceptors (Lipinski definition) is 2. The molecule has 0 radical (unpaired) electrons. The monoisotopic (exact) mass is 261 g/mol. The first-order chi connectivity index (χ1) is 8.88. The van der Waals surface area contributed by atoms with Gasteiger partial charge in [-0.3, -0.25) is 9.59 Å². The van der Waals surface area contributed by atoms with Crippen LogP contribution < -0.4 is 4.90 Å². The van der Waals surface area contributed by atoms with Gasteiger partial charge in [0.15, 0.2) is 0 Å². The molecule has 1 saturated carbocycles. The van der Waals surface area contributed by atoms with E-state index in [1.807, 2.05) is 24.3 Å². The topological polar surface area (TPSA) is 57.6 Å².